The van der Waals surface area contributed by atoms with Crippen LogP contribution in [0.1, 0.15) is 36.8 Å². The third kappa shape index (κ3) is 5.55. The number of carbonyl (C=O) groups excluding carboxylic acids is 1. The summed E-state index contributed by atoms with van der Waals surface area (Å²) in [6, 6.07) is 14.7. The van der Waals surface area contributed by atoms with E-state index in [1.807, 2.05) is 12.1 Å². The van der Waals surface area contributed by atoms with Crippen LogP contribution in [0.15, 0.2) is 52.3 Å². The molecule has 0 radical (unpaired) electrons. The standard InChI is InChI=1S/C21H25NOS2/c1-15-7-8-16(2)20(13-15)25-19-11-9-17(10-12-19)22-21(23)14-24-18-5-3-4-6-18/h7-13,18H,3-6,14H2,1-2H3,(H,22,23). The van der Waals surface area contributed by atoms with Crippen molar-refractivity contribution in [3.8, 4) is 0 Å². The fraction of sp³-hybridized carbons (Fsp3) is 0.381. The van der Waals surface area contributed by atoms with E-state index in [1.165, 1.54) is 46.6 Å². The van der Waals surface area contributed by atoms with E-state index >= 15 is 0 Å². The number of benzene rings is 2. The molecule has 2 aromatic carbocycles. The topological polar surface area (TPSA) is 29.1 Å². The normalized spacial score (nSPS) is 14.6. The number of hydrogen-bond acceptors (Lipinski definition) is 3. The zero-order valence-electron chi connectivity index (χ0n) is 14.9. The second kappa shape index (κ2) is 8.81. The molecule has 1 aliphatic carbocycles. The first kappa shape index (κ1) is 18.4. The highest BCUT2D eigenvalue weighted by atomic mass is 32.2. The molecule has 0 heterocycles. The maximum absolute atomic E-state index is 12.1. The second-order valence-electron chi connectivity index (χ2n) is 6.66. The van der Waals surface area contributed by atoms with E-state index in [9.17, 15) is 4.79 Å². The highest BCUT2D eigenvalue weighted by Gasteiger charge is 2.16. The summed E-state index contributed by atoms with van der Waals surface area (Å²) in [4.78, 5) is 14.6. The van der Waals surface area contributed by atoms with Gasteiger partial charge in [0.1, 0.15) is 0 Å². The molecule has 0 spiro atoms. The summed E-state index contributed by atoms with van der Waals surface area (Å²) in [6.07, 6.45) is 5.17. The third-order valence-electron chi connectivity index (χ3n) is 4.46. The summed E-state index contributed by atoms with van der Waals surface area (Å²) in [6.45, 7) is 4.25. The molecule has 4 heteroatoms. The van der Waals surface area contributed by atoms with Crippen molar-refractivity contribution in [3.63, 3.8) is 0 Å². The Morgan fingerprint density at radius 1 is 1.08 bits per heavy atom. The van der Waals surface area contributed by atoms with E-state index < -0.39 is 0 Å². The number of carbonyl (C=O) groups is 1. The zero-order chi connectivity index (χ0) is 17.6. The summed E-state index contributed by atoms with van der Waals surface area (Å²) in [5, 5.41) is 3.69. The van der Waals surface area contributed by atoms with Crippen LogP contribution in [0, 0.1) is 13.8 Å². The van der Waals surface area contributed by atoms with Crippen LogP contribution in [0.4, 0.5) is 5.69 Å². The van der Waals surface area contributed by atoms with E-state index in [0.717, 1.165) is 5.69 Å². The average molecular weight is 372 g/mol. The van der Waals surface area contributed by atoms with Gasteiger partial charge < -0.3 is 5.32 Å². The molecule has 2 nitrogen and oxygen atoms in total. The van der Waals surface area contributed by atoms with Gasteiger partial charge in [-0.15, -0.1) is 11.8 Å². The van der Waals surface area contributed by atoms with Crippen LogP contribution in [0.5, 0.6) is 0 Å². The van der Waals surface area contributed by atoms with Crippen LogP contribution in [0.3, 0.4) is 0 Å². The van der Waals surface area contributed by atoms with Crippen molar-refractivity contribution in [1.29, 1.82) is 0 Å². The minimum atomic E-state index is 0.104. The van der Waals surface area contributed by atoms with Crippen LogP contribution >= 0.6 is 23.5 Å². The van der Waals surface area contributed by atoms with Gasteiger partial charge in [0.15, 0.2) is 0 Å². The number of anilines is 1. The Kier molecular flexibility index (Phi) is 6.49. The maximum atomic E-state index is 12.1. The molecule has 0 atom stereocenters. The Labute approximate surface area is 159 Å². The van der Waals surface area contributed by atoms with Gasteiger partial charge in [-0.2, -0.15) is 0 Å². The van der Waals surface area contributed by atoms with Crippen molar-refractivity contribution in [2.75, 3.05) is 11.1 Å². The van der Waals surface area contributed by atoms with E-state index in [2.05, 4.69) is 49.5 Å². The lowest BCUT2D eigenvalue weighted by molar-refractivity contribution is -0.113. The van der Waals surface area contributed by atoms with Crippen LogP contribution in [-0.4, -0.2) is 16.9 Å². The molecular weight excluding hydrogens is 346 g/mol. The molecule has 2 aromatic rings. The van der Waals surface area contributed by atoms with Crippen molar-refractivity contribution >= 4 is 35.1 Å². The molecular formula is C21H25NOS2. The van der Waals surface area contributed by atoms with Gasteiger partial charge in [0.2, 0.25) is 5.91 Å². The maximum Gasteiger partial charge on any atom is 0.234 e. The molecule has 1 saturated carbocycles. The predicted octanol–water partition coefficient (Wildman–Crippen LogP) is 6.07. The quantitative estimate of drug-likeness (QED) is 0.668. The molecule has 0 unspecified atom stereocenters. The van der Waals surface area contributed by atoms with Crippen molar-refractivity contribution in [3.05, 3.63) is 53.6 Å². The first-order chi connectivity index (χ1) is 12.1. The van der Waals surface area contributed by atoms with Crippen molar-refractivity contribution in [2.24, 2.45) is 0 Å². The Hall–Kier alpha value is -1.39. The van der Waals surface area contributed by atoms with Gasteiger partial charge in [-0.05, 0) is 68.1 Å². The molecule has 1 aliphatic rings. The van der Waals surface area contributed by atoms with Crippen molar-refractivity contribution in [2.45, 2.75) is 54.6 Å². The van der Waals surface area contributed by atoms with Gasteiger partial charge in [-0.3, -0.25) is 4.79 Å². The average Bonchev–Trinajstić information content (AvgIpc) is 3.12. The molecule has 0 aromatic heterocycles. The van der Waals surface area contributed by atoms with E-state index in [1.54, 1.807) is 23.5 Å². The third-order valence-corrected chi connectivity index (χ3v) is 7.00. The number of rotatable bonds is 6. The summed E-state index contributed by atoms with van der Waals surface area (Å²) in [7, 11) is 0. The summed E-state index contributed by atoms with van der Waals surface area (Å²) < 4.78 is 0. The van der Waals surface area contributed by atoms with Gasteiger partial charge >= 0.3 is 0 Å². The highest BCUT2D eigenvalue weighted by Crippen LogP contribution is 2.32. The number of nitrogens with one attached hydrogen (secondary N) is 1. The lowest BCUT2D eigenvalue weighted by atomic mass is 10.2. The first-order valence-corrected chi connectivity index (χ1v) is 10.7. The summed E-state index contributed by atoms with van der Waals surface area (Å²) >= 11 is 3.57. The second-order valence-corrected chi connectivity index (χ2v) is 9.07. The lowest BCUT2D eigenvalue weighted by Gasteiger charge is -2.10. The molecule has 132 valence electrons. The number of thioether (sulfide) groups is 1. The summed E-state index contributed by atoms with van der Waals surface area (Å²) in [5.74, 6) is 0.663. The van der Waals surface area contributed by atoms with Gasteiger partial charge in [-0.25, -0.2) is 0 Å². The molecule has 25 heavy (non-hydrogen) atoms. The summed E-state index contributed by atoms with van der Waals surface area (Å²) in [5.41, 5.74) is 3.44. The molecule has 0 bridgehead atoms. The first-order valence-electron chi connectivity index (χ1n) is 8.87. The number of hydrogen-bond donors (Lipinski definition) is 1. The molecule has 3 rings (SSSR count). The van der Waals surface area contributed by atoms with Gasteiger partial charge in [-0.1, -0.05) is 36.7 Å². The minimum absolute atomic E-state index is 0.104. The number of aryl methyl sites for hydroxylation is 2. The van der Waals surface area contributed by atoms with Crippen LogP contribution in [0.25, 0.3) is 0 Å². The Bertz CT molecular complexity index is 721. The Balaban J connectivity index is 1.52. The molecule has 1 amide bonds. The monoisotopic (exact) mass is 371 g/mol. The van der Waals surface area contributed by atoms with Crippen LogP contribution < -0.4 is 5.32 Å². The van der Waals surface area contributed by atoms with Crippen LogP contribution in [-0.2, 0) is 4.79 Å². The van der Waals surface area contributed by atoms with Crippen molar-refractivity contribution < 1.29 is 4.79 Å². The van der Waals surface area contributed by atoms with Crippen LogP contribution in [0.2, 0.25) is 0 Å². The zero-order valence-corrected chi connectivity index (χ0v) is 16.5. The van der Waals surface area contributed by atoms with Crippen molar-refractivity contribution in [1.82, 2.24) is 0 Å². The van der Waals surface area contributed by atoms with Gasteiger partial charge in [0.25, 0.3) is 0 Å². The Morgan fingerprint density at radius 2 is 1.80 bits per heavy atom. The molecule has 0 aliphatic heterocycles. The smallest absolute Gasteiger partial charge is 0.234 e. The minimum Gasteiger partial charge on any atom is -0.325 e. The lowest BCUT2D eigenvalue weighted by Crippen LogP contribution is -2.15. The van der Waals surface area contributed by atoms with Gasteiger partial charge in [0.05, 0.1) is 5.75 Å². The largest absolute Gasteiger partial charge is 0.325 e. The van der Waals surface area contributed by atoms with Gasteiger partial charge in [0, 0.05) is 20.7 Å². The van der Waals surface area contributed by atoms with E-state index in [0.29, 0.717) is 11.0 Å². The van der Waals surface area contributed by atoms with E-state index in [-0.39, 0.29) is 5.91 Å². The molecule has 1 fully saturated rings. The predicted molar refractivity (Wildman–Crippen MR) is 110 cm³/mol. The SMILES string of the molecule is Cc1ccc(C)c(Sc2ccc(NC(=O)CSC3CCCC3)cc2)c1. The fourth-order valence-corrected chi connectivity index (χ4v) is 5.12. The number of amides is 1. The Morgan fingerprint density at radius 3 is 2.52 bits per heavy atom. The van der Waals surface area contributed by atoms with E-state index in [4.69, 9.17) is 0 Å². The molecule has 1 N–H and O–H groups in total. The molecule has 0 saturated heterocycles. The highest BCUT2D eigenvalue weighted by molar-refractivity contribution is 8.00. The fourth-order valence-electron chi connectivity index (χ4n) is 3.00.